The van der Waals surface area contributed by atoms with E-state index < -0.39 is 0 Å². The molecule has 1 heterocycles. The molecule has 1 aliphatic rings. The number of hydrogen-bond donors (Lipinski definition) is 1. The topological polar surface area (TPSA) is 45.2 Å². The van der Waals surface area contributed by atoms with Crippen LogP contribution in [0.3, 0.4) is 0 Å². The van der Waals surface area contributed by atoms with E-state index in [4.69, 9.17) is 0 Å². The van der Waals surface area contributed by atoms with E-state index in [0.717, 1.165) is 17.5 Å². The number of carbonyl (C=O) groups is 1. The largest absolute Gasteiger partial charge is 0.335 e. The Morgan fingerprint density at radius 3 is 2.71 bits per heavy atom. The van der Waals surface area contributed by atoms with Crippen molar-refractivity contribution in [3.05, 3.63) is 65.7 Å². The van der Waals surface area contributed by atoms with Gasteiger partial charge in [0.15, 0.2) is 0 Å². The monoisotopic (exact) mass is 327 g/mol. The van der Waals surface area contributed by atoms with Crippen molar-refractivity contribution in [2.75, 3.05) is 0 Å². The molecule has 2 atom stereocenters. The second-order valence-corrected chi connectivity index (χ2v) is 6.53. The Morgan fingerprint density at radius 1 is 1.33 bits per heavy atom. The molecule has 0 saturated heterocycles. The van der Waals surface area contributed by atoms with E-state index in [1.807, 2.05) is 26.0 Å². The summed E-state index contributed by atoms with van der Waals surface area (Å²) in [6.45, 7) is 4.53. The number of urea groups is 1. The first kappa shape index (κ1) is 16.4. The van der Waals surface area contributed by atoms with Crippen LogP contribution in [0.2, 0.25) is 0 Å². The van der Waals surface area contributed by atoms with Crippen molar-refractivity contribution in [3.63, 3.8) is 0 Å². The molecular formula is C19H22FN3O. The number of nitrogens with one attached hydrogen (secondary N) is 1. The van der Waals surface area contributed by atoms with Gasteiger partial charge in [-0.05, 0) is 49.6 Å². The van der Waals surface area contributed by atoms with Crippen LogP contribution in [0.4, 0.5) is 9.18 Å². The molecule has 1 N–H and O–H groups in total. The lowest BCUT2D eigenvalue weighted by Gasteiger charge is -2.27. The van der Waals surface area contributed by atoms with Crippen LogP contribution in [0.15, 0.2) is 48.8 Å². The normalized spacial score (nSPS) is 19.2. The van der Waals surface area contributed by atoms with Gasteiger partial charge in [0.25, 0.3) is 0 Å². The molecule has 2 aromatic rings. The summed E-state index contributed by atoms with van der Waals surface area (Å²) in [7, 11) is 0. The van der Waals surface area contributed by atoms with Gasteiger partial charge < -0.3 is 10.2 Å². The fourth-order valence-corrected chi connectivity index (χ4v) is 2.85. The van der Waals surface area contributed by atoms with Crippen LogP contribution in [-0.4, -0.2) is 28.0 Å². The Balaban J connectivity index is 1.59. The van der Waals surface area contributed by atoms with E-state index in [2.05, 4.69) is 10.3 Å². The molecule has 1 aliphatic carbocycles. The smallest absolute Gasteiger partial charge is 0.318 e. The Hall–Kier alpha value is -2.43. The van der Waals surface area contributed by atoms with Crippen LogP contribution >= 0.6 is 0 Å². The first-order valence-corrected chi connectivity index (χ1v) is 8.26. The summed E-state index contributed by atoms with van der Waals surface area (Å²) < 4.78 is 13.0. The van der Waals surface area contributed by atoms with Crippen LogP contribution < -0.4 is 5.32 Å². The maximum absolute atomic E-state index is 13.0. The summed E-state index contributed by atoms with van der Waals surface area (Å²) in [5, 5.41) is 3.09. The van der Waals surface area contributed by atoms with Crippen molar-refractivity contribution in [2.24, 2.45) is 0 Å². The lowest BCUT2D eigenvalue weighted by atomic mass is 10.1. The van der Waals surface area contributed by atoms with E-state index in [1.54, 1.807) is 29.4 Å². The molecule has 0 bridgehead atoms. The molecule has 2 amide bonds. The third kappa shape index (κ3) is 3.91. The van der Waals surface area contributed by atoms with Gasteiger partial charge in [0.1, 0.15) is 5.82 Å². The molecule has 0 unspecified atom stereocenters. The number of hydrogen-bond acceptors (Lipinski definition) is 2. The molecule has 3 rings (SSSR count). The van der Waals surface area contributed by atoms with Crippen LogP contribution in [-0.2, 0) is 6.54 Å². The standard InChI is InChI=1S/C19H22FN3O/c1-13(2)23(12-14-4-3-9-21-11-14)19(24)22-18-10-17(18)15-5-7-16(20)8-6-15/h3-9,11,13,17-18H,10,12H2,1-2H3,(H,22,24)/t17-,18-/m0/s1. The summed E-state index contributed by atoms with van der Waals surface area (Å²) in [5.41, 5.74) is 2.08. The van der Waals surface area contributed by atoms with Gasteiger partial charge in [0, 0.05) is 36.9 Å². The molecule has 1 fully saturated rings. The number of amides is 2. The fraction of sp³-hybridized carbons (Fsp3) is 0.368. The van der Waals surface area contributed by atoms with Crippen molar-refractivity contribution < 1.29 is 9.18 Å². The number of rotatable bonds is 5. The summed E-state index contributed by atoms with van der Waals surface area (Å²) in [5.74, 6) is 0.0457. The zero-order chi connectivity index (χ0) is 17.1. The minimum atomic E-state index is -0.234. The van der Waals surface area contributed by atoms with Gasteiger partial charge in [0.05, 0.1) is 0 Å². The van der Waals surface area contributed by atoms with Crippen molar-refractivity contribution in [2.45, 2.75) is 44.8 Å². The van der Waals surface area contributed by atoms with Gasteiger partial charge in [-0.25, -0.2) is 9.18 Å². The molecule has 1 aromatic heterocycles. The SMILES string of the molecule is CC(C)N(Cc1cccnc1)C(=O)N[C@H]1C[C@H]1c1ccc(F)cc1. The number of halogens is 1. The quantitative estimate of drug-likeness (QED) is 0.910. The Morgan fingerprint density at radius 2 is 2.08 bits per heavy atom. The first-order valence-electron chi connectivity index (χ1n) is 8.26. The number of aromatic nitrogens is 1. The summed E-state index contributed by atoms with van der Waals surface area (Å²) in [6.07, 6.45) is 4.40. The van der Waals surface area contributed by atoms with Crippen molar-refractivity contribution in [1.82, 2.24) is 15.2 Å². The van der Waals surface area contributed by atoms with E-state index in [9.17, 15) is 9.18 Å². The van der Waals surface area contributed by atoms with Crippen molar-refractivity contribution >= 4 is 6.03 Å². The number of carbonyl (C=O) groups excluding carboxylic acids is 1. The zero-order valence-corrected chi connectivity index (χ0v) is 13.9. The molecule has 0 aliphatic heterocycles. The molecule has 1 aromatic carbocycles. The number of nitrogens with zero attached hydrogens (tertiary/aromatic N) is 2. The Kier molecular flexibility index (Phi) is 4.79. The van der Waals surface area contributed by atoms with Crippen LogP contribution in [0.25, 0.3) is 0 Å². The summed E-state index contributed by atoms with van der Waals surface area (Å²) in [6, 6.07) is 10.5. The van der Waals surface area contributed by atoms with Gasteiger partial charge in [-0.1, -0.05) is 18.2 Å². The zero-order valence-electron chi connectivity index (χ0n) is 13.9. The molecule has 24 heavy (non-hydrogen) atoms. The van der Waals surface area contributed by atoms with Gasteiger partial charge in [-0.3, -0.25) is 4.98 Å². The second kappa shape index (κ2) is 6.99. The number of benzene rings is 1. The predicted octanol–water partition coefficient (Wildman–Crippen LogP) is 3.70. The minimum absolute atomic E-state index is 0.0662. The highest BCUT2D eigenvalue weighted by Gasteiger charge is 2.40. The van der Waals surface area contributed by atoms with Gasteiger partial charge >= 0.3 is 6.03 Å². The highest BCUT2D eigenvalue weighted by atomic mass is 19.1. The van der Waals surface area contributed by atoms with Gasteiger partial charge in [-0.2, -0.15) is 0 Å². The van der Waals surface area contributed by atoms with Gasteiger partial charge in [-0.15, -0.1) is 0 Å². The molecule has 126 valence electrons. The summed E-state index contributed by atoms with van der Waals surface area (Å²) >= 11 is 0. The molecule has 4 nitrogen and oxygen atoms in total. The molecule has 5 heteroatoms. The Labute approximate surface area is 141 Å². The number of pyridine rings is 1. The first-order chi connectivity index (χ1) is 11.5. The second-order valence-electron chi connectivity index (χ2n) is 6.53. The fourth-order valence-electron chi connectivity index (χ4n) is 2.85. The molecule has 1 saturated carbocycles. The average Bonchev–Trinajstić information content (AvgIpc) is 3.33. The van der Waals surface area contributed by atoms with E-state index in [-0.39, 0.29) is 29.8 Å². The maximum Gasteiger partial charge on any atom is 0.318 e. The maximum atomic E-state index is 13.0. The third-order valence-corrected chi connectivity index (χ3v) is 4.36. The average molecular weight is 327 g/mol. The van der Waals surface area contributed by atoms with E-state index in [1.165, 1.54) is 12.1 Å². The third-order valence-electron chi connectivity index (χ3n) is 4.36. The summed E-state index contributed by atoms with van der Waals surface area (Å²) in [4.78, 5) is 18.5. The van der Waals surface area contributed by atoms with E-state index in [0.29, 0.717) is 6.54 Å². The minimum Gasteiger partial charge on any atom is -0.335 e. The predicted molar refractivity (Wildman–Crippen MR) is 91.0 cm³/mol. The van der Waals surface area contributed by atoms with E-state index >= 15 is 0 Å². The molecule has 0 radical (unpaired) electrons. The lowest BCUT2D eigenvalue weighted by Crippen LogP contribution is -2.44. The van der Waals surface area contributed by atoms with Gasteiger partial charge in [0.2, 0.25) is 0 Å². The molecular weight excluding hydrogens is 305 g/mol. The highest BCUT2D eigenvalue weighted by Crippen LogP contribution is 2.40. The van der Waals surface area contributed by atoms with Crippen molar-refractivity contribution in [1.29, 1.82) is 0 Å². The van der Waals surface area contributed by atoms with Crippen LogP contribution in [0, 0.1) is 5.82 Å². The van der Waals surface area contributed by atoms with Crippen LogP contribution in [0.5, 0.6) is 0 Å². The molecule has 0 spiro atoms. The highest BCUT2D eigenvalue weighted by molar-refractivity contribution is 5.75. The Bertz CT molecular complexity index is 688. The van der Waals surface area contributed by atoms with Crippen LogP contribution in [0.1, 0.15) is 37.3 Å². The lowest BCUT2D eigenvalue weighted by molar-refractivity contribution is 0.179. The van der Waals surface area contributed by atoms with Crippen molar-refractivity contribution in [3.8, 4) is 0 Å².